The van der Waals surface area contributed by atoms with Crippen molar-refractivity contribution in [3.05, 3.63) is 47.9 Å². The molecule has 1 saturated heterocycles. The molecule has 1 fully saturated rings. The Kier molecular flexibility index (Phi) is 7.35. The number of likely N-dealkylation sites (tertiary alicyclic amines) is 1. The Morgan fingerprint density at radius 3 is 2.82 bits per heavy atom. The van der Waals surface area contributed by atoms with Gasteiger partial charge in [0.2, 0.25) is 0 Å². The van der Waals surface area contributed by atoms with Gasteiger partial charge in [0.15, 0.2) is 5.69 Å². The smallest absolute Gasteiger partial charge is 0.276 e. The monoisotopic (exact) mass is 422 g/mol. The number of rotatable bonds is 4. The van der Waals surface area contributed by atoms with Crippen LogP contribution in [0.25, 0.3) is 16.6 Å². The van der Waals surface area contributed by atoms with Crippen LogP contribution in [-0.2, 0) is 0 Å². The van der Waals surface area contributed by atoms with Crippen molar-refractivity contribution in [3.8, 4) is 5.69 Å². The summed E-state index contributed by atoms with van der Waals surface area (Å²) in [6.07, 6.45) is 2.78. The third-order valence-electron chi connectivity index (χ3n) is 5.00. The minimum Gasteiger partial charge on any atom is -0.337 e. The maximum atomic E-state index is 12.9. The van der Waals surface area contributed by atoms with E-state index in [0.717, 1.165) is 48.3 Å². The Bertz CT molecular complexity index is 955. The summed E-state index contributed by atoms with van der Waals surface area (Å²) in [6, 6.07) is 9.84. The highest BCUT2D eigenvalue weighted by Crippen LogP contribution is 2.23. The third kappa shape index (κ3) is 3.97. The van der Waals surface area contributed by atoms with Gasteiger partial charge < -0.3 is 10.2 Å². The third-order valence-corrected chi connectivity index (χ3v) is 5.00. The van der Waals surface area contributed by atoms with Gasteiger partial charge in [-0.3, -0.25) is 9.78 Å². The Labute approximate surface area is 176 Å². The van der Waals surface area contributed by atoms with E-state index in [9.17, 15) is 4.79 Å². The Morgan fingerprint density at radius 1 is 1.25 bits per heavy atom. The van der Waals surface area contributed by atoms with Crippen molar-refractivity contribution in [3.63, 3.8) is 0 Å². The normalized spacial score (nSPS) is 15.9. The largest absolute Gasteiger partial charge is 0.337 e. The van der Waals surface area contributed by atoms with Crippen LogP contribution in [-0.4, -0.2) is 57.5 Å². The van der Waals surface area contributed by atoms with Crippen molar-refractivity contribution >= 4 is 41.6 Å². The van der Waals surface area contributed by atoms with Gasteiger partial charge in [-0.25, -0.2) is 4.68 Å². The first-order valence-corrected chi connectivity index (χ1v) is 8.89. The van der Waals surface area contributed by atoms with Crippen LogP contribution in [0.1, 0.15) is 22.6 Å². The minimum absolute atomic E-state index is 0. The van der Waals surface area contributed by atoms with Gasteiger partial charge in [-0.2, -0.15) is 0 Å². The molecule has 3 heterocycles. The molecule has 7 nitrogen and oxygen atoms in total. The second kappa shape index (κ2) is 9.32. The number of hydrogen-bond donors (Lipinski definition) is 1. The summed E-state index contributed by atoms with van der Waals surface area (Å²) in [5, 5.41) is 12.7. The molecule has 1 unspecified atom stereocenters. The summed E-state index contributed by atoms with van der Waals surface area (Å²) < 4.78 is 1.71. The van der Waals surface area contributed by atoms with Gasteiger partial charge >= 0.3 is 0 Å². The van der Waals surface area contributed by atoms with Crippen molar-refractivity contribution in [2.75, 3.05) is 26.7 Å². The standard InChI is InChI=1S/C19H22N6O.2ClH/c1-13-17(19(26)24-10-8-14(12-24)11-20-2)22-23-25(13)16-7-3-5-15-6-4-9-21-18(15)16;;/h3-7,9,14,20H,8,10-12H2,1-2H3;2*1H. The number of para-hydroxylation sites is 1. The quantitative estimate of drug-likeness (QED) is 0.699. The fourth-order valence-electron chi connectivity index (χ4n) is 3.64. The van der Waals surface area contributed by atoms with E-state index in [-0.39, 0.29) is 30.7 Å². The fourth-order valence-corrected chi connectivity index (χ4v) is 3.64. The zero-order chi connectivity index (χ0) is 18.1. The maximum absolute atomic E-state index is 12.9. The molecule has 0 radical (unpaired) electrons. The van der Waals surface area contributed by atoms with E-state index in [1.165, 1.54) is 0 Å². The summed E-state index contributed by atoms with van der Waals surface area (Å²) in [5.41, 5.74) is 2.84. The molecular formula is C19H24Cl2N6O. The summed E-state index contributed by atoms with van der Waals surface area (Å²) >= 11 is 0. The average molecular weight is 423 g/mol. The molecule has 1 N–H and O–H groups in total. The molecule has 150 valence electrons. The number of carbonyl (C=O) groups excluding carboxylic acids is 1. The van der Waals surface area contributed by atoms with Gasteiger partial charge in [-0.1, -0.05) is 23.4 Å². The molecule has 4 rings (SSSR count). The molecule has 0 saturated carbocycles. The van der Waals surface area contributed by atoms with Crippen LogP contribution in [0, 0.1) is 12.8 Å². The topological polar surface area (TPSA) is 75.9 Å². The lowest BCUT2D eigenvalue weighted by atomic mass is 10.1. The molecule has 28 heavy (non-hydrogen) atoms. The molecule has 9 heteroatoms. The fraction of sp³-hybridized carbons (Fsp3) is 0.368. The zero-order valence-electron chi connectivity index (χ0n) is 15.8. The van der Waals surface area contributed by atoms with E-state index in [1.54, 1.807) is 10.9 Å². The number of hydrogen-bond acceptors (Lipinski definition) is 5. The molecule has 1 atom stereocenters. The average Bonchev–Trinajstić information content (AvgIpc) is 3.28. The predicted octanol–water partition coefficient (Wildman–Crippen LogP) is 2.65. The first kappa shape index (κ1) is 22.1. The molecule has 1 amide bonds. The summed E-state index contributed by atoms with van der Waals surface area (Å²) in [4.78, 5) is 19.2. The molecule has 1 aliphatic rings. The van der Waals surface area contributed by atoms with Crippen molar-refractivity contribution in [1.29, 1.82) is 0 Å². The van der Waals surface area contributed by atoms with E-state index in [0.29, 0.717) is 11.6 Å². The molecule has 3 aromatic rings. The summed E-state index contributed by atoms with van der Waals surface area (Å²) in [5.74, 6) is 0.460. The lowest BCUT2D eigenvalue weighted by molar-refractivity contribution is 0.0780. The number of aromatic nitrogens is 4. The Hall–Kier alpha value is -2.22. The first-order valence-electron chi connectivity index (χ1n) is 8.89. The van der Waals surface area contributed by atoms with E-state index in [2.05, 4.69) is 20.6 Å². The number of carbonyl (C=O) groups is 1. The molecule has 0 aliphatic carbocycles. The molecule has 0 bridgehead atoms. The van der Waals surface area contributed by atoms with Gasteiger partial charge in [-0.05, 0) is 45.0 Å². The minimum atomic E-state index is -0.0412. The highest BCUT2D eigenvalue weighted by molar-refractivity contribution is 5.94. The van der Waals surface area contributed by atoms with Crippen LogP contribution in [0.15, 0.2) is 36.5 Å². The molecule has 1 aromatic carbocycles. The van der Waals surface area contributed by atoms with Crippen molar-refractivity contribution in [1.82, 2.24) is 30.2 Å². The van der Waals surface area contributed by atoms with Crippen LogP contribution in [0.2, 0.25) is 0 Å². The zero-order valence-corrected chi connectivity index (χ0v) is 17.5. The Balaban J connectivity index is 0.00000140. The van der Waals surface area contributed by atoms with Gasteiger partial charge in [0.1, 0.15) is 0 Å². The molecule has 0 spiro atoms. The maximum Gasteiger partial charge on any atom is 0.276 e. The molecular weight excluding hydrogens is 399 g/mol. The van der Waals surface area contributed by atoms with Gasteiger partial charge in [0.25, 0.3) is 5.91 Å². The number of nitrogens with one attached hydrogen (secondary N) is 1. The second-order valence-electron chi connectivity index (χ2n) is 6.75. The van der Waals surface area contributed by atoms with Gasteiger partial charge in [0.05, 0.1) is 16.9 Å². The van der Waals surface area contributed by atoms with Crippen LogP contribution >= 0.6 is 24.8 Å². The van der Waals surface area contributed by atoms with Crippen molar-refractivity contribution < 1.29 is 4.79 Å². The van der Waals surface area contributed by atoms with E-state index >= 15 is 0 Å². The number of benzene rings is 1. The summed E-state index contributed by atoms with van der Waals surface area (Å²) in [7, 11) is 1.94. The van der Waals surface area contributed by atoms with Crippen LogP contribution < -0.4 is 5.32 Å². The summed E-state index contributed by atoms with van der Waals surface area (Å²) in [6.45, 7) is 4.35. The van der Waals surface area contributed by atoms with Crippen LogP contribution in [0.5, 0.6) is 0 Å². The Morgan fingerprint density at radius 2 is 2.04 bits per heavy atom. The van der Waals surface area contributed by atoms with Crippen molar-refractivity contribution in [2.24, 2.45) is 5.92 Å². The van der Waals surface area contributed by atoms with Gasteiger partial charge in [0, 0.05) is 24.7 Å². The van der Waals surface area contributed by atoms with Crippen LogP contribution in [0.3, 0.4) is 0 Å². The molecule has 2 aromatic heterocycles. The predicted molar refractivity (Wildman–Crippen MR) is 114 cm³/mol. The van der Waals surface area contributed by atoms with Gasteiger partial charge in [-0.15, -0.1) is 29.9 Å². The first-order chi connectivity index (χ1) is 12.7. The SMILES string of the molecule is CNCC1CCN(C(=O)c2nnn(-c3cccc4cccnc34)c2C)C1.Cl.Cl. The van der Waals surface area contributed by atoms with E-state index in [4.69, 9.17) is 0 Å². The number of halogens is 2. The highest BCUT2D eigenvalue weighted by atomic mass is 35.5. The van der Waals surface area contributed by atoms with Crippen LogP contribution in [0.4, 0.5) is 0 Å². The lowest BCUT2D eigenvalue weighted by Gasteiger charge is -2.15. The number of nitrogens with zero attached hydrogens (tertiary/aromatic N) is 5. The number of pyridine rings is 1. The number of fused-ring (bicyclic) bond motifs is 1. The highest BCUT2D eigenvalue weighted by Gasteiger charge is 2.29. The van der Waals surface area contributed by atoms with E-state index < -0.39 is 0 Å². The lowest BCUT2D eigenvalue weighted by Crippen LogP contribution is -2.31. The number of amides is 1. The van der Waals surface area contributed by atoms with E-state index in [1.807, 2.05) is 49.2 Å². The van der Waals surface area contributed by atoms with Crippen molar-refractivity contribution in [2.45, 2.75) is 13.3 Å². The second-order valence-corrected chi connectivity index (χ2v) is 6.75. The molecule has 1 aliphatic heterocycles.